The van der Waals surface area contributed by atoms with Gasteiger partial charge in [-0.3, -0.25) is 9.59 Å². The van der Waals surface area contributed by atoms with Crippen molar-refractivity contribution in [2.24, 2.45) is 5.92 Å². The Balaban J connectivity index is 1.45. The predicted octanol–water partition coefficient (Wildman–Crippen LogP) is 1.97. The maximum absolute atomic E-state index is 12.5. The van der Waals surface area contributed by atoms with Gasteiger partial charge in [0.25, 0.3) is 5.91 Å². The number of anilines is 1. The van der Waals surface area contributed by atoms with Gasteiger partial charge < -0.3 is 19.9 Å². The second kappa shape index (κ2) is 9.14. The van der Waals surface area contributed by atoms with Crippen molar-refractivity contribution in [3.05, 3.63) is 30.3 Å². The van der Waals surface area contributed by atoms with Gasteiger partial charge in [0.05, 0.1) is 13.2 Å². The normalized spacial score (nSPS) is 22.2. The molecule has 1 N–H and O–H groups in total. The van der Waals surface area contributed by atoms with E-state index < -0.39 is 6.10 Å². The first-order valence-corrected chi connectivity index (χ1v) is 9.59. The van der Waals surface area contributed by atoms with E-state index in [1.807, 2.05) is 30.3 Å². The standard InChI is InChI=1S/C20H29N3O3/c1-16-7-10-22(11-8-16)12-9-19(24)23-13-14-26-18(15-23)20(25)21-17-5-3-2-4-6-17/h2-6,16,18H,7-15H2,1H3,(H,21,25). The fraction of sp³-hybridized carbons (Fsp3) is 0.600. The van der Waals surface area contributed by atoms with Crippen LogP contribution in [-0.2, 0) is 14.3 Å². The molecule has 0 aromatic heterocycles. The van der Waals surface area contributed by atoms with E-state index in [9.17, 15) is 9.59 Å². The van der Waals surface area contributed by atoms with Crippen LogP contribution >= 0.6 is 0 Å². The summed E-state index contributed by atoms with van der Waals surface area (Å²) in [6.07, 6.45) is 2.34. The monoisotopic (exact) mass is 359 g/mol. The average Bonchev–Trinajstić information content (AvgIpc) is 2.68. The molecular weight excluding hydrogens is 330 g/mol. The number of benzene rings is 1. The Labute approximate surface area is 155 Å². The van der Waals surface area contributed by atoms with E-state index in [0.717, 1.165) is 31.2 Å². The molecule has 0 saturated carbocycles. The molecule has 1 aromatic carbocycles. The van der Waals surface area contributed by atoms with Crippen LogP contribution in [0.15, 0.2) is 30.3 Å². The van der Waals surface area contributed by atoms with Gasteiger partial charge in [0.15, 0.2) is 6.10 Å². The topological polar surface area (TPSA) is 61.9 Å². The van der Waals surface area contributed by atoms with Gasteiger partial charge in [-0.15, -0.1) is 0 Å². The van der Waals surface area contributed by atoms with Crippen molar-refractivity contribution >= 4 is 17.5 Å². The lowest BCUT2D eigenvalue weighted by atomic mass is 9.99. The molecule has 3 rings (SSSR count). The number of nitrogens with zero attached hydrogens (tertiary/aromatic N) is 2. The summed E-state index contributed by atoms with van der Waals surface area (Å²) < 4.78 is 5.58. The molecule has 2 amide bonds. The highest BCUT2D eigenvalue weighted by atomic mass is 16.5. The Morgan fingerprint density at radius 3 is 2.62 bits per heavy atom. The van der Waals surface area contributed by atoms with Crippen molar-refractivity contribution in [1.82, 2.24) is 9.80 Å². The lowest BCUT2D eigenvalue weighted by molar-refractivity contribution is -0.144. The van der Waals surface area contributed by atoms with Gasteiger partial charge in [-0.05, 0) is 44.0 Å². The Hall–Kier alpha value is -1.92. The van der Waals surface area contributed by atoms with Crippen LogP contribution in [0.25, 0.3) is 0 Å². The number of morpholine rings is 1. The molecule has 0 radical (unpaired) electrons. The second-order valence-corrected chi connectivity index (χ2v) is 7.33. The molecule has 0 bridgehead atoms. The van der Waals surface area contributed by atoms with Crippen molar-refractivity contribution < 1.29 is 14.3 Å². The van der Waals surface area contributed by atoms with Crippen LogP contribution in [0.4, 0.5) is 5.69 Å². The fourth-order valence-corrected chi connectivity index (χ4v) is 3.48. The zero-order chi connectivity index (χ0) is 18.4. The first kappa shape index (κ1) is 18.9. The third-order valence-electron chi connectivity index (χ3n) is 5.27. The number of para-hydroxylation sites is 1. The van der Waals surface area contributed by atoms with Crippen LogP contribution < -0.4 is 5.32 Å². The number of amides is 2. The summed E-state index contributed by atoms with van der Waals surface area (Å²) in [6.45, 7) is 6.55. The third-order valence-corrected chi connectivity index (χ3v) is 5.27. The molecule has 6 heteroatoms. The number of ether oxygens (including phenoxy) is 1. The number of piperidine rings is 1. The van der Waals surface area contributed by atoms with Crippen molar-refractivity contribution in [3.63, 3.8) is 0 Å². The highest BCUT2D eigenvalue weighted by Gasteiger charge is 2.29. The molecule has 2 heterocycles. The zero-order valence-electron chi connectivity index (χ0n) is 15.5. The average molecular weight is 359 g/mol. The Kier molecular flexibility index (Phi) is 6.63. The number of likely N-dealkylation sites (tertiary alicyclic amines) is 1. The van der Waals surface area contributed by atoms with Gasteiger partial charge in [0.1, 0.15) is 0 Å². The largest absolute Gasteiger partial charge is 0.365 e. The highest BCUT2D eigenvalue weighted by molar-refractivity contribution is 5.94. The number of carbonyl (C=O) groups excluding carboxylic acids is 2. The van der Waals surface area contributed by atoms with Crippen LogP contribution in [-0.4, -0.2) is 67.0 Å². The molecule has 2 fully saturated rings. The van der Waals surface area contributed by atoms with E-state index in [-0.39, 0.29) is 11.8 Å². The Morgan fingerprint density at radius 1 is 1.15 bits per heavy atom. The summed E-state index contributed by atoms with van der Waals surface area (Å²) >= 11 is 0. The van der Waals surface area contributed by atoms with Crippen LogP contribution in [0.3, 0.4) is 0 Å². The van der Waals surface area contributed by atoms with Crippen LogP contribution in [0.2, 0.25) is 0 Å². The molecule has 1 aromatic rings. The molecule has 1 unspecified atom stereocenters. The van der Waals surface area contributed by atoms with Crippen LogP contribution in [0.5, 0.6) is 0 Å². The van der Waals surface area contributed by atoms with Crippen molar-refractivity contribution in [1.29, 1.82) is 0 Å². The van der Waals surface area contributed by atoms with Crippen molar-refractivity contribution in [2.75, 3.05) is 44.6 Å². The number of rotatable bonds is 5. The SMILES string of the molecule is CC1CCN(CCC(=O)N2CCOC(C(=O)Nc3ccccc3)C2)CC1. The molecule has 2 saturated heterocycles. The van der Waals surface area contributed by atoms with Gasteiger partial charge in [-0.2, -0.15) is 0 Å². The molecular formula is C20H29N3O3. The molecule has 26 heavy (non-hydrogen) atoms. The van der Waals surface area contributed by atoms with Crippen LogP contribution in [0, 0.1) is 5.92 Å². The molecule has 0 aliphatic carbocycles. The summed E-state index contributed by atoms with van der Waals surface area (Å²) in [5.74, 6) is 0.716. The van der Waals surface area contributed by atoms with Crippen molar-refractivity contribution in [3.8, 4) is 0 Å². The Morgan fingerprint density at radius 2 is 1.88 bits per heavy atom. The van der Waals surface area contributed by atoms with Gasteiger partial charge in [-0.1, -0.05) is 25.1 Å². The summed E-state index contributed by atoms with van der Waals surface area (Å²) in [4.78, 5) is 29.1. The van der Waals surface area contributed by atoms with Gasteiger partial charge in [0, 0.05) is 25.2 Å². The number of hydrogen-bond acceptors (Lipinski definition) is 4. The minimum atomic E-state index is -0.608. The van der Waals surface area contributed by atoms with E-state index >= 15 is 0 Å². The minimum absolute atomic E-state index is 0.115. The fourth-order valence-electron chi connectivity index (χ4n) is 3.48. The summed E-state index contributed by atoms with van der Waals surface area (Å²) in [7, 11) is 0. The quantitative estimate of drug-likeness (QED) is 0.873. The van der Waals surface area contributed by atoms with Crippen LogP contribution in [0.1, 0.15) is 26.2 Å². The van der Waals surface area contributed by atoms with Gasteiger partial charge >= 0.3 is 0 Å². The minimum Gasteiger partial charge on any atom is -0.365 e. The molecule has 0 spiro atoms. The molecule has 2 aliphatic heterocycles. The number of carbonyl (C=O) groups is 2. The summed E-state index contributed by atoms with van der Waals surface area (Å²) in [5, 5.41) is 2.85. The maximum Gasteiger partial charge on any atom is 0.255 e. The van der Waals surface area contributed by atoms with Gasteiger partial charge in [0.2, 0.25) is 5.91 Å². The summed E-state index contributed by atoms with van der Waals surface area (Å²) in [5.41, 5.74) is 0.740. The Bertz CT molecular complexity index is 600. The first-order valence-electron chi connectivity index (χ1n) is 9.59. The molecule has 1 atom stereocenters. The number of nitrogens with one attached hydrogen (secondary N) is 1. The smallest absolute Gasteiger partial charge is 0.255 e. The predicted molar refractivity (Wildman–Crippen MR) is 101 cm³/mol. The van der Waals surface area contributed by atoms with E-state index in [0.29, 0.717) is 26.1 Å². The third kappa shape index (κ3) is 5.29. The lowest BCUT2D eigenvalue weighted by Gasteiger charge is -2.34. The van der Waals surface area contributed by atoms with Crippen molar-refractivity contribution in [2.45, 2.75) is 32.3 Å². The lowest BCUT2D eigenvalue weighted by Crippen LogP contribution is -2.50. The zero-order valence-corrected chi connectivity index (χ0v) is 15.5. The van der Waals surface area contributed by atoms with E-state index in [1.165, 1.54) is 12.8 Å². The molecule has 2 aliphatic rings. The highest BCUT2D eigenvalue weighted by Crippen LogP contribution is 2.16. The van der Waals surface area contributed by atoms with E-state index in [4.69, 9.17) is 4.74 Å². The number of hydrogen-bond donors (Lipinski definition) is 1. The summed E-state index contributed by atoms with van der Waals surface area (Å²) in [6, 6.07) is 9.31. The first-order chi connectivity index (χ1) is 12.6. The van der Waals surface area contributed by atoms with Gasteiger partial charge in [-0.25, -0.2) is 0 Å². The van der Waals surface area contributed by atoms with E-state index in [2.05, 4.69) is 17.1 Å². The second-order valence-electron chi connectivity index (χ2n) is 7.33. The molecule has 142 valence electrons. The maximum atomic E-state index is 12.5. The molecule has 6 nitrogen and oxygen atoms in total. The van der Waals surface area contributed by atoms with E-state index in [1.54, 1.807) is 4.90 Å².